The summed E-state index contributed by atoms with van der Waals surface area (Å²) in [6.45, 7) is 4.94. The van der Waals surface area contributed by atoms with Crippen molar-refractivity contribution in [3.63, 3.8) is 0 Å². The van der Waals surface area contributed by atoms with Gasteiger partial charge < -0.3 is 9.64 Å². The molecule has 1 aromatic rings. The van der Waals surface area contributed by atoms with Gasteiger partial charge in [-0.05, 0) is 43.9 Å². The number of methoxy groups -OCH3 is 1. The van der Waals surface area contributed by atoms with Gasteiger partial charge in [0.05, 0.1) is 24.3 Å². The van der Waals surface area contributed by atoms with Gasteiger partial charge in [-0.1, -0.05) is 6.07 Å². The summed E-state index contributed by atoms with van der Waals surface area (Å²) in [6, 6.07) is 6.64. The molecule has 96 valence electrons. The van der Waals surface area contributed by atoms with Crippen molar-refractivity contribution in [3.8, 4) is 11.8 Å². The molecule has 0 aliphatic heterocycles. The van der Waals surface area contributed by atoms with Crippen molar-refractivity contribution in [2.75, 3.05) is 25.6 Å². The highest BCUT2D eigenvalue weighted by Crippen LogP contribution is 2.46. The number of ether oxygens (including phenoxy) is 1. The molecule has 1 saturated carbocycles. The summed E-state index contributed by atoms with van der Waals surface area (Å²) in [6.07, 6.45) is 2.03. The Labute approximate surface area is 109 Å². The normalized spacial score (nSPS) is 15.9. The number of hydrogen-bond acceptors (Lipinski definition) is 3. The van der Waals surface area contributed by atoms with Crippen molar-refractivity contribution in [1.82, 2.24) is 0 Å². The van der Waals surface area contributed by atoms with Crippen LogP contribution in [0.15, 0.2) is 12.1 Å². The largest absolute Gasteiger partial charge is 0.495 e. The molecule has 0 radical (unpaired) electrons. The summed E-state index contributed by atoms with van der Waals surface area (Å²) in [7, 11) is 3.74. The highest BCUT2D eigenvalue weighted by atomic mass is 16.5. The molecule has 1 aromatic carbocycles. The van der Waals surface area contributed by atoms with Crippen molar-refractivity contribution in [1.29, 1.82) is 5.26 Å². The molecule has 0 N–H and O–H groups in total. The molecule has 0 heterocycles. The molecule has 0 aromatic heterocycles. The Balaban J connectivity index is 2.30. The van der Waals surface area contributed by atoms with Crippen LogP contribution >= 0.6 is 0 Å². The number of aryl methyl sites for hydroxylation is 2. The van der Waals surface area contributed by atoms with Gasteiger partial charge in [-0.3, -0.25) is 0 Å². The lowest BCUT2D eigenvalue weighted by molar-refractivity contribution is 0.413. The summed E-state index contributed by atoms with van der Waals surface area (Å²) in [4.78, 5) is 2.16. The van der Waals surface area contributed by atoms with E-state index in [2.05, 4.69) is 30.9 Å². The monoisotopic (exact) mass is 244 g/mol. The maximum atomic E-state index is 9.18. The Hall–Kier alpha value is -1.69. The van der Waals surface area contributed by atoms with Crippen molar-refractivity contribution in [3.05, 3.63) is 23.3 Å². The lowest BCUT2D eigenvalue weighted by atomic mass is 10.1. The van der Waals surface area contributed by atoms with E-state index < -0.39 is 0 Å². The van der Waals surface area contributed by atoms with Gasteiger partial charge in [0.2, 0.25) is 0 Å². The van der Waals surface area contributed by atoms with E-state index >= 15 is 0 Å². The average Bonchev–Trinajstić information content (AvgIpc) is 3.08. The number of rotatable bonds is 4. The van der Waals surface area contributed by atoms with Gasteiger partial charge in [-0.2, -0.15) is 5.26 Å². The van der Waals surface area contributed by atoms with E-state index in [1.54, 1.807) is 7.11 Å². The number of nitrogens with zero attached hydrogens (tertiary/aromatic N) is 2. The topological polar surface area (TPSA) is 36.3 Å². The fourth-order valence-corrected chi connectivity index (χ4v) is 2.55. The van der Waals surface area contributed by atoms with Gasteiger partial charge in [0, 0.05) is 13.6 Å². The molecule has 0 spiro atoms. The molecule has 1 aliphatic carbocycles. The Morgan fingerprint density at radius 2 is 2.06 bits per heavy atom. The molecule has 0 saturated heterocycles. The van der Waals surface area contributed by atoms with Gasteiger partial charge in [-0.25, -0.2) is 0 Å². The summed E-state index contributed by atoms with van der Waals surface area (Å²) in [5, 5.41) is 9.18. The lowest BCUT2D eigenvalue weighted by Crippen LogP contribution is -2.26. The number of anilines is 1. The number of hydrogen-bond donors (Lipinski definition) is 0. The molecule has 0 bridgehead atoms. The number of nitriles is 1. The van der Waals surface area contributed by atoms with Crippen LogP contribution in [0.4, 0.5) is 5.69 Å². The predicted molar refractivity (Wildman–Crippen MR) is 73.0 cm³/mol. The van der Waals surface area contributed by atoms with Crippen LogP contribution in [-0.2, 0) is 0 Å². The van der Waals surface area contributed by atoms with E-state index in [1.165, 1.54) is 11.1 Å². The fraction of sp³-hybridized carbons (Fsp3) is 0.533. The van der Waals surface area contributed by atoms with Gasteiger partial charge >= 0.3 is 0 Å². The smallest absolute Gasteiger partial charge is 0.142 e. The lowest BCUT2D eigenvalue weighted by Gasteiger charge is -2.26. The molecular weight excluding hydrogens is 224 g/mol. The Morgan fingerprint density at radius 3 is 2.56 bits per heavy atom. The van der Waals surface area contributed by atoms with Crippen molar-refractivity contribution >= 4 is 5.69 Å². The molecule has 0 atom stereocenters. The molecule has 18 heavy (non-hydrogen) atoms. The first-order valence-corrected chi connectivity index (χ1v) is 6.29. The first kappa shape index (κ1) is 12.8. The zero-order chi connectivity index (χ0) is 13.3. The molecule has 3 heteroatoms. The standard InChI is InChI=1S/C15H20N2O/c1-11-7-12(2)14(13(8-11)18-4)17(3)10-15(9-16)5-6-15/h7-8H,5-6,10H2,1-4H3. The first-order valence-electron chi connectivity index (χ1n) is 6.29. The quantitative estimate of drug-likeness (QED) is 0.816. The molecular formula is C15H20N2O. The van der Waals surface area contributed by atoms with E-state index in [1.807, 2.05) is 13.1 Å². The van der Waals surface area contributed by atoms with Gasteiger partial charge in [0.25, 0.3) is 0 Å². The van der Waals surface area contributed by atoms with Crippen LogP contribution in [0.3, 0.4) is 0 Å². The Bertz CT molecular complexity index is 498. The van der Waals surface area contributed by atoms with E-state index in [4.69, 9.17) is 4.74 Å². The SMILES string of the molecule is COc1cc(C)cc(C)c1N(C)CC1(C#N)CC1. The third-order valence-electron chi connectivity index (χ3n) is 3.64. The zero-order valence-electron chi connectivity index (χ0n) is 11.6. The maximum absolute atomic E-state index is 9.18. The van der Waals surface area contributed by atoms with Crippen LogP contribution in [0.2, 0.25) is 0 Å². The van der Waals surface area contributed by atoms with Crippen molar-refractivity contribution < 1.29 is 4.74 Å². The molecule has 0 amide bonds. The Morgan fingerprint density at radius 1 is 1.39 bits per heavy atom. The van der Waals surface area contributed by atoms with Crippen LogP contribution in [0.1, 0.15) is 24.0 Å². The second kappa shape index (κ2) is 4.53. The summed E-state index contributed by atoms with van der Waals surface area (Å²) >= 11 is 0. The van der Waals surface area contributed by atoms with Crippen LogP contribution < -0.4 is 9.64 Å². The van der Waals surface area contributed by atoms with Crippen LogP contribution in [0, 0.1) is 30.6 Å². The van der Waals surface area contributed by atoms with Crippen molar-refractivity contribution in [2.45, 2.75) is 26.7 Å². The minimum atomic E-state index is -0.128. The van der Waals surface area contributed by atoms with Crippen LogP contribution in [0.25, 0.3) is 0 Å². The minimum Gasteiger partial charge on any atom is -0.495 e. The molecule has 3 nitrogen and oxygen atoms in total. The van der Waals surface area contributed by atoms with E-state index in [0.717, 1.165) is 30.8 Å². The zero-order valence-corrected chi connectivity index (χ0v) is 11.6. The Kier molecular flexibility index (Phi) is 3.21. The highest BCUT2D eigenvalue weighted by molar-refractivity contribution is 5.64. The first-order chi connectivity index (χ1) is 8.51. The van der Waals surface area contributed by atoms with E-state index in [0.29, 0.717) is 0 Å². The molecule has 2 rings (SSSR count). The van der Waals surface area contributed by atoms with Crippen LogP contribution in [0.5, 0.6) is 5.75 Å². The van der Waals surface area contributed by atoms with Gasteiger partial charge in [-0.15, -0.1) is 0 Å². The maximum Gasteiger partial charge on any atom is 0.142 e. The fourth-order valence-electron chi connectivity index (χ4n) is 2.55. The summed E-state index contributed by atoms with van der Waals surface area (Å²) in [5.74, 6) is 0.892. The third-order valence-corrected chi connectivity index (χ3v) is 3.64. The third kappa shape index (κ3) is 2.28. The predicted octanol–water partition coefficient (Wildman–Crippen LogP) is 3.05. The van der Waals surface area contributed by atoms with Gasteiger partial charge in [0.15, 0.2) is 0 Å². The summed E-state index contributed by atoms with van der Waals surface area (Å²) in [5.41, 5.74) is 3.37. The second-order valence-corrected chi connectivity index (χ2v) is 5.38. The van der Waals surface area contributed by atoms with Crippen LogP contribution in [-0.4, -0.2) is 20.7 Å². The summed E-state index contributed by atoms with van der Waals surface area (Å²) < 4.78 is 5.47. The van der Waals surface area contributed by atoms with E-state index in [9.17, 15) is 5.26 Å². The molecule has 1 aliphatic rings. The average molecular weight is 244 g/mol. The second-order valence-electron chi connectivity index (χ2n) is 5.38. The van der Waals surface area contributed by atoms with E-state index in [-0.39, 0.29) is 5.41 Å². The van der Waals surface area contributed by atoms with Gasteiger partial charge in [0.1, 0.15) is 5.75 Å². The minimum absolute atomic E-state index is 0.128. The molecule has 1 fully saturated rings. The van der Waals surface area contributed by atoms with Crippen molar-refractivity contribution in [2.24, 2.45) is 5.41 Å². The molecule has 0 unspecified atom stereocenters. The number of benzene rings is 1. The highest BCUT2D eigenvalue weighted by Gasteiger charge is 2.44.